The van der Waals surface area contributed by atoms with Crippen LogP contribution in [0.4, 0.5) is 13.2 Å². The normalized spacial score (nSPS) is 12.5. The highest BCUT2D eigenvalue weighted by Crippen LogP contribution is 2.29. The van der Waals surface area contributed by atoms with E-state index in [1.807, 2.05) is 13.8 Å². The van der Waals surface area contributed by atoms with Crippen LogP contribution in [-0.4, -0.2) is 23.0 Å². The van der Waals surface area contributed by atoms with Gasteiger partial charge in [-0.2, -0.15) is 13.2 Å². The molecule has 0 aliphatic carbocycles. The Balaban J connectivity index is 1.86. The standard InChI is InChI=1S/C13H16F3N5S2/c1-7-8(2)23-11(20-7)5-19-12(17-3)18-4-10-21-9(6-22-10)13(14,15)16/h6H,4-5H2,1-3H3,(H2,17,18,19). The summed E-state index contributed by atoms with van der Waals surface area (Å²) in [5.41, 5.74) is 0.133. The molecule has 2 aromatic rings. The first-order valence-corrected chi connectivity index (χ1v) is 8.38. The molecule has 0 atom stereocenters. The van der Waals surface area contributed by atoms with Crippen molar-refractivity contribution in [3.63, 3.8) is 0 Å². The number of hydrogen-bond donors (Lipinski definition) is 2. The van der Waals surface area contributed by atoms with E-state index in [0.717, 1.165) is 32.3 Å². The molecule has 5 nitrogen and oxygen atoms in total. The first-order chi connectivity index (χ1) is 10.8. The molecule has 10 heteroatoms. The molecule has 0 aromatic carbocycles. The van der Waals surface area contributed by atoms with Crippen molar-refractivity contribution in [2.45, 2.75) is 33.1 Å². The quantitative estimate of drug-likeness (QED) is 0.647. The lowest BCUT2D eigenvalue weighted by Crippen LogP contribution is -2.36. The maximum atomic E-state index is 12.5. The number of halogens is 3. The van der Waals surface area contributed by atoms with E-state index in [-0.39, 0.29) is 6.54 Å². The monoisotopic (exact) mass is 363 g/mol. The lowest BCUT2D eigenvalue weighted by atomic mass is 10.4. The molecule has 0 radical (unpaired) electrons. The SMILES string of the molecule is CN=C(NCc1nc(C(F)(F)F)cs1)NCc1nc(C)c(C)s1. The second-order valence-corrected chi connectivity index (χ2v) is 6.88. The van der Waals surface area contributed by atoms with E-state index in [4.69, 9.17) is 0 Å². The number of aromatic nitrogens is 2. The highest BCUT2D eigenvalue weighted by molar-refractivity contribution is 7.11. The topological polar surface area (TPSA) is 62.2 Å². The molecule has 126 valence electrons. The van der Waals surface area contributed by atoms with Crippen LogP contribution in [0.3, 0.4) is 0 Å². The van der Waals surface area contributed by atoms with Gasteiger partial charge < -0.3 is 10.6 Å². The molecule has 0 bridgehead atoms. The van der Waals surface area contributed by atoms with Crippen LogP contribution >= 0.6 is 22.7 Å². The Labute approximate surface area is 139 Å². The van der Waals surface area contributed by atoms with Crippen LogP contribution in [0.2, 0.25) is 0 Å². The van der Waals surface area contributed by atoms with Crippen LogP contribution in [0.25, 0.3) is 0 Å². The fraction of sp³-hybridized carbons (Fsp3) is 0.462. The zero-order valence-electron chi connectivity index (χ0n) is 12.8. The molecule has 0 unspecified atom stereocenters. The Morgan fingerprint density at radius 1 is 1.17 bits per heavy atom. The molecular weight excluding hydrogens is 347 g/mol. The molecular formula is C13H16F3N5S2. The summed E-state index contributed by atoms with van der Waals surface area (Å²) in [5, 5.41) is 8.30. The number of guanidine groups is 1. The largest absolute Gasteiger partial charge is 0.434 e. The second kappa shape index (κ2) is 7.26. The number of thiazole rings is 2. The lowest BCUT2D eigenvalue weighted by molar-refractivity contribution is -0.140. The molecule has 0 aliphatic rings. The molecule has 2 aromatic heterocycles. The Morgan fingerprint density at radius 2 is 1.83 bits per heavy atom. The highest BCUT2D eigenvalue weighted by Gasteiger charge is 2.33. The maximum absolute atomic E-state index is 12.5. The van der Waals surface area contributed by atoms with Crippen LogP contribution in [0.15, 0.2) is 10.4 Å². The van der Waals surface area contributed by atoms with Crippen LogP contribution in [0.5, 0.6) is 0 Å². The van der Waals surface area contributed by atoms with E-state index in [9.17, 15) is 13.2 Å². The summed E-state index contributed by atoms with van der Waals surface area (Å²) in [6.07, 6.45) is -4.41. The minimum atomic E-state index is -4.41. The third-order valence-electron chi connectivity index (χ3n) is 2.95. The smallest absolute Gasteiger partial charge is 0.350 e. The summed E-state index contributed by atoms with van der Waals surface area (Å²) in [5.74, 6) is 0.485. The average molecular weight is 363 g/mol. The van der Waals surface area contributed by atoms with Crippen LogP contribution in [-0.2, 0) is 19.3 Å². The molecule has 2 rings (SSSR count). The summed E-state index contributed by atoms with van der Waals surface area (Å²) in [7, 11) is 1.59. The third-order valence-corrected chi connectivity index (χ3v) is 4.87. The predicted octanol–water partition coefficient (Wildman–Crippen LogP) is 3.10. The molecule has 0 saturated heterocycles. The minimum Gasteiger partial charge on any atom is -0.350 e. The fourth-order valence-electron chi connectivity index (χ4n) is 1.68. The van der Waals surface area contributed by atoms with Gasteiger partial charge in [-0.25, -0.2) is 9.97 Å². The van der Waals surface area contributed by atoms with Gasteiger partial charge in [0, 0.05) is 17.3 Å². The lowest BCUT2D eigenvalue weighted by Gasteiger charge is -2.09. The Hall–Kier alpha value is -1.68. The van der Waals surface area contributed by atoms with Crippen molar-refractivity contribution < 1.29 is 13.2 Å². The summed E-state index contributed by atoms with van der Waals surface area (Å²) < 4.78 is 37.5. The van der Waals surface area contributed by atoms with E-state index in [2.05, 4.69) is 25.6 Å². The number of nitrogens with zero attached hydrogens (tertiary/aromatic N) is 3. The van der Waals surface area contributed by atoms with Gasteiger partial charge in [-0.05, 0) is 13.8 Å². The summed E-state index contributed by atoms with van der Waals surface area (Å²) in [6, 6.07) is 0. The molecule has 0 spiro atoms. The minimum absolute atomic E-state index is 0.177. The van der Waals surface area contributed by atoms with Gasteiger partial charge in [0.25, 0.3) is 0 Å². The predicted molar refractivity (Wildman–Crippen MR) is 85.7 cm³/mol. The Morgan fingerprint density at radius 3 is 2.30 bits per heavy atom. The number of alkyl halides is 3. The third kappa shape index (κ3) is 4.90. The van der Waals surface area contributed by atoms with Crippen LogP contribution in [0.1, 0.15) is 26.3 Å². The molecule has 0 aliphatic heterocycles. The number of hydrogen-bond acceptors (Lipinski definition) is 5. The molecule has 2 N–H and O–H groups in total. The number of aryl methyl sites for hydroxylation is 2. The van der Waals surface area contributed by atoms with Crippen molar-refractivity contribution in [3.8, 4) is 0 Å². The van der Waals surface area contributed by atoms with E-state index in [1.54, 1.807) is 18.4 Å². The number of aliphatic imine (C=N–C) groups is 1. The zero-order valence-corrected chi connectivity index (χ0v) is 14.4. The van der Waals surface area contributed by atoms with Gasteiger partial charge in [-0.3, -0.25) is 4.99 Å². The fourth-order valence-corrected chi connectivity index (χ4v) is 3.29. The van der Waals surface area contributed by atoms with Gasteiger partial charge in [-0.15, -0.1) is 22.7 Å². The summed E-state index contributed by atoms with van der Waals surface area (Å²) in [6.45, 7) is 4.63. The Bertz CT molecular complexity index is 671. The number of rotatable bonds is 4. The highest BCUT2D eigenvalue weighted by atomic mass is 32.1. The molecule has 0 fully saturated rings. The van der Waals surface area contributed by atoms with E-state index in [1.165, 1.54) is 0 Å². The maximum Gasteiger partial charge on any atom is 0.434 e. The molecule has 2 heterocycles. The second-order valence-electron chi connectivity index (χ2n) is 4.65. The molecule has 23 heavy (non-hydrogen) atoms. The zero-order chi connectivity index (χ0) is 17.0. The first-order valence-electron chi connectivity index (χ1n) is 6.68. The van der Waals surface area contributed by atoms with Gasteiger partial charge in [0.2, 0.25) is 0 Å². The van der Waals surface area contributed by atoms with Crippen molar-refractivity contribution in [2.24, 2.45) is 4.99 Å². The van der Waals surface area contributed by atoms with Gasteiger partial charge in [-0.1, -0.05) is 0 Å². The van der Waals surface area contributed by atoms with Crippen molar-refractivity contribution in [2.75, 3.05) is 7.05 Å². The molecule has 0 amide bonds. The Kier molecular flexibility index (Phi) is 5.58. The summed E-state index contributed by atoms with van der Waals surface area (Å²) in [4.78, 5) is 13.2. The van der Waals surface area contributed by atoms with E-state index in [0.29, 0.717) is 17.5 Å². The van der Waals surface area contributed by atoms with Crippen molar-refractivity contribution >= 4 is 28.6 Å². The van der Waals surface area contributed by atoms with Crippen molar-refractivity contribution in [3.05, 3.63) is 31.7 Å². The average Bonchev–Trinajstić information content (AvgIpc) is 3.06. The van der Waals surface area contributed by atoms with Crippen LogP contribution in [0, 0.1) is 13.8 Å². The first kappa shape index (κ1) is 17.7. The van der Waals surface area contributed by atoms with Gasteiger partial charge >= 0.3 is 6.18 Å². The van der Waals surface area contributed by atoms with Gasteiger partial charge in [0.1, 0.15) is 10.0 Å². The van der Waals surface area contributed by atoms with Gasteiger partial charge in [0.05, 0.1) is 18.8 Å². The van der Waals surface area contributed by atoms with Crippen molar-refractivity contribution in [1.82, 2.24) is 20.6 Å². The summed E-state index contributed by atoms with van der Waals surface area (Å²) >= 11 is 2.56. The van der Waals surface area contributed by atoms with E-state index >= 15 is 0 Å². The van der Waals surface area contributed by atoms with E-state index < -0.39 is 11.9 Å². The molecule has 0 saturated carbocycles. The van der Waals surface area contributed by atoms with Gasteiger partial charge in [0.15, 0.2) is 11.7 Å². The number of nitrogens with one attached hydrogen (secondary N) is 2. The van der Waals surface area contributed by atoms with Crippen LogP contribution < -0.4 is 10.6 Å². The van der Waals surface area contributed by atoms with Crippen molar-refractivity contribution in [1.29, 1.82) is 0 Å².